The number of ether oxygens (including phenoxy) is 1. The summed E-state index contributed by atoms with van der Waals surface area (Å²) in [5.74, 6) is -0.241. The van der Waals surface area contributed by atoms with Gasteiger partial charge in [-0.3, -0.25) is 0 Å². The first-order valence-electron chi connectivity index (χ1n) is 8.04. The van der Waals surface area contributed by atoms with Gasteiger partial charge in [-0.15, -0.1) is 0 Å². The molecule has 0 spiro atoms. The molecule has 1 fully saturated rings. The van der Waals surface area contributed by atoms with Gasteiger partial charge in [-0.2, -0.15) is 5.10 Å². The first kappa shape index (κ1) is 15.1. The SMILES string of the molecule is Fc1ccc(-c2ccnn2-c2ccc(C3CNCCO3)cc2)cc1. The third-order valence-corrected chi connectivity index (χ3v) is 4.22. The molecule has 0 radical (unpaired) electrons. The van der Waals surface area contributed by atoms with E-state index in [1.54, 1.807) is 18.3 Å². The fraction of sp³-hybridized carbons (Fsp3) is 0.211. The molecule has 1 aliphatic heterocycles. The molecule has 2 heterocycles. The maximum Gasteiger partial charge on any atom is 0.123 e. The van der Waals surface area contributed by atoms with Crippen molar-refractivity contribution in [3.8, 4) is 16.9 Å². The predicted octanol–water partition coefficient (Wildman–Crippen LogP) is 3.34. The molecule has 4 rings (SSSR count). The lowest BCUT2D eigenvalue weighted by Crippen LogP contribution is -2.33. The number of rotatable bonds is 3. The average molecular weight is 323 g/mol. The Balaban J connectivity index is 1.62. The van der Waals surface area contributed by atoms with Crippen LogP contribution in [0.15, 0.2) is 60.8 Å². The molecule has 24 heavy (non-hydrogen) atoms. The van der Waals surface area contributed by atoms with E-state index in [2.05, 4.69) is 22.5 Å². The topological polar surface area (TPSA) is 39.1 Å². The van der Waals surface area contributed by atoms with E-state index in [1.807, 2.05) is 22.9 Å². The zero-order valence-electron chi connectivity index (χ0n) is 13.2. The van der Waals surface area contributed by atoms with Crippen LogP contribution in [0.3, 0.4) is 0 Å². The highest BCUT2D eigenvalue weighted by atomic mass is 19.1. The molecule has 0 amide bonds. The van der Waals surface area contributed by atoms with Crippen molar-refractivity contribution in [1.82, 2.24) is 15.1 Å². The average Bonchev–Trinajstić information content (AvgIpc) is 3.13. The van der Waals surface area contributed by atoms with Crippen molar-refractivity contribution in [1.29, 1.82) is 0 Å². The number of aromatic nitrogens is 2. The van der Waals surface area contributed by atoms with Gasteiger partial charge in [-0.05, 0) is 48.0 Å². The third-order valence-electron chi connectivity index (χ3n) is 4.22. The molecular formula is C19H18FN3O. The first-order valence-corrected chi connectivity index (χ1v) is 8.04. The molecule has 1 saturated heterocycles. The monoisotopic (exact) mass is 323 g/mol. The van der Waals surface area contributed by atoms with Crippen LogP contribution in [0.2, 0.25) is 0 Å². The summed E-state index contributed by atoms with van der Waals surface area (Å²) in [4.78, 5) is 0. The van der Waals surface area contributed by atoms with E-state index in [0.717, 1.165) is 42.2 Å². The van der Waals surface area contributed by atoms with Gasteiger partial charge in [0.25, 0.3) is 0 Å². The van der Waals surface area contributed by atoms with Crippen LogP contribution in [-0.2, 0) is 4.74 Å². The number of hydrogen-bond donors (Lipinski definition) is 1. The van der Waals surface area contributed by atoms with E-state index < -0.39 is 0 Å². The number of benzene rings is 2. The summed E-state index contributed by atoms with van der Waals surface area (Å²) < 4.78 is 20.8. The van der Waals surface area contributed by atoms with Gasteiger partial charge in [0.2, 0.25) is 0 Å². The first-order chi connectivity index (χ1) is 11.8. The van der Waals surface area contributed by atoms with E-state index >= 15 is 0 Å². The van der Waals surface area contributed by atoms with Gasteiger partial charge in [-0.1, -0.05) is 12.1 Å². The molecule has 0 saturated carbocycles. The van der Waals surface area contributed by atoms with E-state index in [0.29, 0.717) is 0 Å². The zero-order valence-corrected chi connectivity index (χ0v) is 13.2. The maximum atomic E-state index is 13.1. The highest BCUT2D eigenvalue weighted by molar-refractivity contribution is 5.61. The van der Waals surface area contributed by atoms with E-state index in [-0.39, 0.29) is 11.9 Å². The molecule has 1 unspecified atom stereocenters. The van der Waals surface area contributed by atoms with Crippen LogP contribution >= 0.6 is 0 Å². The summed E-state index contributed by atoms with van der Waals surface area (Å²) in [7, 11) is 0. The van der Waals surface area contributed by atoms with Crippen LogP contribution < -0.4 is 5.32 Å². The Hall–Kier alpha value is -2.50. The van der Waals surface area contributed by atoms with Gasteiger partial charge in [0.05, 0.1) is 30.3 Å². The molecule has 122 valence electrons. The van der Waals surface area contributed by atoms with E-state index in [9.17, 15) is 4.39 Å². The Kier molecular flexibility index (Phi) is 4.11. The summed E-state index contributed by atoms with van der Waals surface area (Å²) in [6.07, 6.45) is 1.85. The molecular weight excluding hydrogens is 305 g/mol. The highest BCUT2D eigenvalue weighted by Gasteiger charge is 2.16. The molecule has 1 atom stereocenters. The van der Waals surface area contributed by atoms with Crippen molar-refractivity contribution in [3.63, 3.8) is 0 Å². The van der Waals surface area contributed by atoms with Gasteiger partial charge in [0.1, 0.15) is 5.82 Å². The largest absolute Gasteiger partial charge is 0.371 e. The Labute approximate surface area is 139 Å². The minimum atomic E-state index is -0.241. The minimum Gasteiger partial charge on any atom is -0.371 e. The van der Waals surface area contributed by atoms with Gasteiger partial charge < -0.3 is 10.1 Å². The van der Waals surface area contributed by atoms with Crippen molar-refractivity contribution in [2.75, 3.05) is 19.7 Å². The van der Waals surface area contributed by atoms with Gasteiger partial charge >= 0.3 is 0 Å². The van der Waals surface area contributed by atoms with Crippen LogP contribution in [-0.4, -0.2) is 29.5 Å². The molecule has 5 heteroatoms. The maximum absolute atomic E-state index is 13.1. The number of morpholine rings is 1. The Bertz CT molecular complexity index is 805. The normalized spacial score (nSPS) is 17.8. The fourth-order valence-corrected chi connectivity index (χ4v) is 2.96. The Morgan fingerprint density at radius 1 is 1.04 bits per heavy atom. The summed E-state index contributed by atoms with van der Waals surface area (Å²) in [5, 5.41) is 7.74. The second kappa shape index (κ2) is 6.55. The second-order valence-corrected chi connectivity index (χ2v) is 5.79. The standard InChI is InChI=1S/C19H18FN3O/c20-16-5-1-14(2-6-16)18-9-10-22-23(18)17-7-3-15(4-8-17)19-13-21-11-12-24-19/h1-10,19,21H,11-13H2. The van der Waals surface area contributed by atoms with E-state index in [1.165, 1.54) is 12.1 Å². The number of hydrogen-bond acceptors (Lipinski definition) is 3. The summed E-state index contributed by atoms with van der Waals surface area (Å²) in [6, 6.07) is 16.6. The lowest BCUT2D eigenvalue weighted by molar-refractivity contribution is 0.0277. The Morgan fingerprint density at radius 2 is 1.83 bits per heavy atom. The molecule has 1 aromatic heterocycles. The van der Waals surface area contributed by atoms with Crippen LogP contribution in [0.5, 0.6) is 0 Å². The van der Waals surface area contributed by atoms with Gasteiger partial charge in [-0.25, -0.2) is 9.07 Å². The lowest BCUT2D eigenvalue weighted by Gasteiger charge is -2.24. The van der Waals surface area contributed by atoms with E-state index in [4.69, 9.17) is 4.74 Å². The molecule has 0 aliphatic carbocycles. The number of nitrogens with one attached hydrogen (secondary N) is 1. The van der Waals surface area contributed by atoms with Crippen molar-refractivity contribution >= 4 is 0 Å². The lowest BCUT2D eigenvalue weighted by atomic mass is 10.1. The summed E-state index contributed by atoms with van der Waals surface area (Å²) in [6.45, 7) is 2.48. The van der Waals surface area contributed by atoms with Crippen LogP contribution in [0.4, 0.5) is 4.39 Å². The van der Waals surface area contributed by atoms with Crippen molar-refractivity contribution in [2.24, 2.45) is 0 Å². The minimum absolute atomic E-state index is 0.0991. The smallest absolute Gasteiger partial charge is 0.123 e. The number of nitrogens with zero attached hydrogens (tertiary/aromatic N) is 2. The zero-order chi connectivity index (χ0) is 16.4. The molecule has 3 aromatic rings. The second-order valence-electron chi connectivity index (χ2n) is 5.79. The molecule has 1 aliphatic rings. The predicted molar refractivity (Wildman–Crippen MR) is 90.5 cm³/mol. The number of halogens is 1. The molecule has 0 bridgehead atoms. The summed E-state index contributed by atoms with van der Waals surface area (Å²) in [5.41, 5.74) is 3.98. The molecule has 2 aromatic carbocycles. The highest BCUT2D eigenvalue weighted by Crippen LogP contribution is 2.25. The van der Waals surface area contributed by atoms with Crippen LogP contribution in [0, 0.1) is 5.82 Å². The van der Waals surface area contributed by atoms with Crippen molar-refractivity contribution in [2.45, 2.75) is 6.10 Å². The van der Waals surface area contributed by atoms with Gasteiger partial charge in [0.15, 0.2) is 0 Å². The molecule has 4 nitrogen and oxygen atoms in total. The van der Waals surface area contributed by atoms with Crippen LogP contribution in [0.25, 0.3) is 16.9 Å². The van der Waals surface area contributed by atoms with Gasteiger partial charge in [0, 0.05) is 18.7 Å². The fourth-order valence-electron chi connectivity index (χ4n) is 2.96. The summed E-state index contributed by atoms with van der Waals surface area (Å²) >= 11 is 0. The van der Waals surface area contributed by atoms with Crippen molar-refractivity contribution in [3.05, 3.63) is 72.2 Å². The quantitative estimate of drug-likeness (QED) is 0.803. The van der Waals surface area contributed by atoms with Crippen molar-refractivity contribution < 1.29 is 9.13 Å². The molecule has 1 N–H and O–H groups in total. The Morgan fingerprint density at radius 3 is 2.54 bits per heavy atom. The third kappa shape index (κ3) is 2.96. The van der Waals surface area contributed by atoms with Crippen LogP contribution in [0.1, 0.15) is 11.7 Å².